The van der Waals surface area contributed by atoms with Crippen LogP contribution in [-0.4, -0.2) is 73.7 Å². The molecule has 3 N–H and O–H groups in total. The number of carbonyl (C=O) groups is 1. The van der Waals surface area contributed by atoms with E-state index in [1.165, 1.54) is 4.31 Å². The standard InChI is InChI=1S/C24H34N6O4S/c1-15-13-29(14-16(2)34-15)35(32,33)19-7-5-18(6-8-19)27-23-22-21(10-12-26-24(22)31)30(28-23)20(9-11-25)17-3-4-17/h5-8,15-17,20-23,27-28H,3-4,9-10,12-14H2,1-2H3,(H,26,31)/t15-,16-,20-,21?,22?,23?/m0/s1. The van der Waals surface area contributed by atoms with Crippen molar-refractivity contribution in [3.05, 3.63) is 24.3 Å². The minimum absolute atomic E-state index is 0.00462. The SMILES string of the molecule is C[C@H]1CN(S(=O)(=O)c2ccc(NC3NN([C@@H](CC#N)C4CC4)C4CCNC(=O)C34)cc2)C[C@H](C)O1. The number of sulfonamides is 1. The molecule has 3 saturated heterocycles. The molecule has 1 aliphatic carbocycles. The van der Waals surface area contributed by atoms with Crippen LogP contribution in [0.15, 0.2) is 29.2 Å². The van der Waals surface area contributed by atoms with E-state index >= 15 is 0 Å². The Morgan fingerprint density at radius 3 is 2.49 bits per heavy atom. The van der Waals surface area contributed by atoms with Gasteiger partial charge in [0.05, 0.1) is 35.5 Å². The quantitative estimate of drug-likeness (QED) is 0.508. The van der Waals surface area contributed by atoms with Gasteiger partial charge < -0.3 is 15.4 Å². The molecule has 35 heavy (non-hydrogen) atoms. The molecule has 11 heteroatoms. The molecule has 1 aromatic rings. The number of ether oxygens (including phenoxy) is 1. The highest BCUT2D eigenvalue weighted by Crippen LogP contribution is 2.41. The molecule has 4 aliphatic rings. The summed E-state index contributed by atoms with van der Waals surface area (Å²) in [6.07, 6.45) is 2.83. The summed E-state index contributed by atoms with van der Waals surface area (Å²) in [6, 6.07) is 9.13. The van der Waals surface area contributed by atoms with Gasteiger partial charge in [-0.25, -0.2) is 18.9 Å². The normalized spacial score (nSPS) is 32.9. The highest BCUT2D eigenvalue weighted by molar-refractivity contribution is 7.89. The van der Waals surface area contributed by atoms with Gasteiger partial charge in [-0.15, -0.1) is 0 Å². The Morgan fingerprint density at radius 2 is 1.86 bits per heavy atom. The van der Waals surface area contributed by atoms with Gasteiger partial charge in [-0.05, 0) is 63.3 Å². The fourth-order valence-electron chi connectivity index (χ4n) is 5.75. The first-order valence-electron chi connectivity index (χ1n) is 12.5. The van der Waals surface area contributed by atoms with E-state index in [4.69, 9.17) is 4.74 Å². The number of amides is 1. The van der Waals surface area contributed by atoms with Crippen molar-refractivity contribution in [3.63, 3.8) is 0 Å². The first-order chi connectivity index (χ1) is 16.8. The van der Waals surface area contributed by atoms with Gasteiger partial charge in [-0.1, -0.05) is 0 Å². The van der Waals surface area contributed by atoms with Gasteiger partial charge in [0.1, 0.15) is 6.17 Å². The van der Waals surface area contributed by atoms with E-state index in [0.29, 0.717) is 32.0 Å². The number of hydrogen-bond donors (Lipinski definition) is 3. The van der Waals surface area contributed by atoms with Crippen LogP contribution in [0.3, 0.4) is 0 Å². The Labute approximate surface area is 207 Å². The van der Waals surface area contributed by atoms with E-state index in [1.807, 2.05) is 13.8 Å². The first-order valence-corrected chi connectivity index (χ1v) is 13.9. The molecule has 10 nitrogen and oxygen atoms in total. The largest absolute Gasteiger partial charge is 0.373 e. The number of nitrogens with one attached hydrogen (secondary N) is 3. The first kappa shape index (κ1) is 24.5. The average Bonchev–Trinajstić information content (AvgIpc) is 3.59. The fourth-order valence-corrected chi connectivity index (χ4v) is 7.34. The number of anilines is 1. The molecule has 0 spiro atoms. The zero-order valence-corrected chi connectivity index (χ0v) is 21.0. The van der Waals surface area contributed by atoms with E-state index in [2.05, 4.69) is 27.1 Å². The lowest BCUT2D eigenvalue weighted by Gasteiger charge is -2.34. The van der Waals surface area contributed by atoms with Crippen molar-refractivity contribution < 1.29 is 17.9 Å². The Kier molecular flexibility index (Phi) is 6.76. The molecule has 6 atom stereocenters. The summed E-state index contributed by atoms with van der Waals surface area (Å²) >= 11 is 0. The third kappa shape index (κ3) is 4.90. The molecule has 4 fully saturated rings. The number of hydrazine groups is 1. The zero-order chi connectivity index (χ0) is 24.7. The van der Waals surface area contributed by atoms with E-state index < -0.39 is 10.0 Å². The summed E-state index contributed by atoms with van der Waals surface area (Å²) in [6.45, 7) is 5.04. The lowest BCUT2D eigenvalue weighted by Crippen LogP contribution is -2.52. The molecule has 1 amide bonds. The van der Waals surface area contributed by atoms with Crippen molar-refractivity contribution in [3.8, 4) is 6.07 Å². The minimum atomic E-state index is -3.62. The molecule has 1 aromatic carbocycles. The maximum absolute atomic E-state index is 13.2. The third-order valence-electron chi connectivity index (χ3n) is 7.49. The molecule has 3 unspecified atom stereocenters. The van der Waals surface area contributed by atoms with Crippen molar-refractivity contribution in [2.24, 2.45) is 11.8 Å². The molecule has 0 aromatic heterocycles. The number of morpholine rings is 1. The predicted octanol–water partition coefficient (Wildman–Crippen LogP) is 1.24. The maximum atomic E-state index is 13.2. The zero-order valence-electron chi connectivity index (χ0n) is 20.2. The number of carbonyl (C=O) groups excluding carboxylic acids is 1. The molecular weight excluding hydrogens is 468 g/mol. The van der Waals surface area contributed by atoms with Crippen LogP contribution in [0.2, 0.25) is 0 Å². The number of nitriles is 1. The lowest BCUT2D eigenvalue weighted by atomic mass is 9.90. The van der Waals surface area contributed by atoms with Crippen LogP contribution < -0.4 is 16.1 Å². The van der Waals surface area contributed by atoms with Crippen molar-refractivity contribution in [1.82, 2.24) is 20.1 Å². The van der Waals surface area contributed by atoms with Crippen LogP contribution in [0.25, 0.3) is 0 Å². The van der Waals surface area contributed by atoms with E-state index in [1.54, 1.807) is 24.3 Å². The van der Waals surface area contributed by atoms with Gasteiger partial charge >= 0.3 is 0 Å². The molecule has 3 aliphatic heterocycles. The van der Waals surface area contributed by atoms with Crippen LogP contribution in [0.5, 0.6) is 0 Å². The van der Waals surface area contributed by atoms with Crippen LogP contribution in [0.1, 0.15) is 39.5 Å². The molecule has 3 heterocycles. The van der Waals surface area contributed by atoms with E-state index in [0.717, 1.165) is 24.9 Å². The number of piperidine rings is 1. The number of nitrogens with zero attached hydrogens (tertiary/aromatic N) is 3. The predicted molar refractivity (Wildman–Crippen MR) is 129 cm³/mol. The van der Waals surface area contributed by atoms with Gasteiger partial charge in [0.25, 0.3) is 0 Å². The van der Waals surface area contributed by atoms with Crippen molar-refractivity contribution >= 4 is 21.6 Å². The molecule has 5 rings (SSSR count). The monoisotopic (exact) mass is 502 g/mol. The van der Waals surface area contributed by atoms with Gasteiger partial charge in [-0.2, -0.15) is 9.57 Å². The summed E-state index contributed by atoms with van der Waals surface area (Å²) in [7, 11) is -3.62. The highest BCUT2D eigenvalue weighted by atomic mass is 32.2. The molecule has 190 valence electrons. The van der Waals surface area contributed by atoms with Crippen molar-refractivity contribution in [2.45, 2.75) is 74.9 Å². The Morgan fingerprint density at radius 1 is 1.17 bits per heavy atom. The summed E-state index contributed by atoms with van der Waals surface area (Å²) in [5, 5.41) is 17.9. The summed E-state index contributed by atoms with van der Waals surface area (Å²) in [5.41, 5.74) is 4.22. The summed E-state index contributed by atoms with van der Waals surface area (Å²) < 4.78 is 33.5. The topological polar surface area (TPSA) is 127 Å². The van der Waals surface area contributed by atoms with Crippen molar-refractivity contribution in [1.29, 1.82) is 5.26 Å². The number of fused-ring (bicyclic) bond motifs is 1. The highest BCUT2D eigenvalue weighted by Gasteiger charge is 2.51. The van der Waals surface area contributed by atoms with Gasteiger partial charge in [0.2, 0.25) is 15.9 Å². The van der Waals surface area contributed by atoms with E-state index in [9.17, 15) is 18.5 Å². The molecular formula is C24H34N6O4S. The average molecular weight is 503 g/mol. The molecule has 0 bridgehead atoms. The van der Waals surface area contributed by atoms with Crippen LogP contribution in [-0.2, 0) is 19.6 Å². The number of rotatable bonds is 7. The second-order valence-corrected chi connectivity index (χ2v) is 12.1. The van der Waals surface area contributed by atoms with Gasteiger partial charge in [-0.3, -0.25) is 4.79 Å². The maximum Gasteiger partial charge on any atom is 0.243 e. The molecule has 0 radical (unpaired) electrons. The van der Waals surface area contributed by atoms with Crippen LogP contribution in [0.4, 0.5) is 5.69 Å². The lowest BCUT2D eigenvalue weighted by molar-refractivity contribution is -0.128. The summed E-state index contributed by atoms with van der Waals surface area (Å²) in [4.78, 5) is 13.1. The van der Waals surface area contributed by atoms with Gasteiger partial charge in [0, 0.05) is 37.4 Å². The minimum Gasteiger partial charge on any atom is -0.373 e. The second-order valence-electron chi connectivity index (χ2n) is 10.2. The second kappa shape index (κ2) is 9.67. The van der Waals surface area contributed by atoms with E-state index in [-0.39, 0.29) is 47.2 Å². The summed E-state index contributed by atoms with van der Waals surface area (Å²) in [5.74, 6) is 0.181. The van der Waals surface area contributed by atoms with Crippen molar-refractivity contribution in [2.75, 3.05) is 25.0 Å². The molecule has 1 saturated carbocycles. The van der Waals surface area contributed by atoms with Crippen LogP contribution in [0, 0.1) is 23.2 Å². The third-order valence-corrected chi connectivity index (χ3v) is 9.33. The van der Waals surface area contributed by atoms with Crippen LogP contribution >= 0.6 is 0 Å². The Bertz CT molecular complexity index is 1080. The van der Waals surface area contributed by atoms with Gasteiger partial charge in [0.15, 0.2) is 0 Å². The number of benzene rings is 1. The number of hydrogen-bond acceptors (Lipinski definition) is 8. The Hall–Kier alpha value is -2.23. The fraction of sp³-hybridized carbons (Fsp3) is 0.667. The Balaban J connectivity index is 1.32. The smallest absolute Gasteiger partial charge is 0.243 e.